The third-order valence-electron chi connectivity index (χ3n) is 3.33. The molecule has 0 unspecified atom stereocenters. The Labute approximate surface area is 109 Å². The van der Waals surface area contributed by atoms with Crippen molar-refractivity contribution >= 4 is 17.3 Å². The van der Waals surface area contributed by atoms with Gasteiger partial charge in [0.2, 0.25) is 0 Å². The maximum atomic E-state index is 12.1. The van der Waals surface area contributed by atoms with E-state index in [0.717, 1.165) is 12.8 Å². The van der Waals surface area contributed by atoms with Crippen molar-refractivity contribution in [3.05, 3.63) is 0 Å². The summed E-state index contributed by atoms with van der Waals surface area (Å²) in [6.45, 7) is 6.27. The van der Waals surface area contributed by atoms with Gasteiger partial charge < -0.3 is 4.84 Å². The van der Waals surface area contributed by atoms with E-state index in [-0.39, 0.29) is 17.5 Å². The van der Waals surface area contributed by atoms with Gasteiger partial charge in [-0.2, -0.15) is 0 Å². The van der Waals surface area contributed by atoms with E-state index in [2.05, 4.69) is 12.1 Å². The van der Waals surface area contributed by atoms with Crippen LogP contribution in [0.4, 0.5) is 0 Å². The van der Waals surface area contributed by atoms with Gasteiger partial charge in [-0.25, -0.2) is 0 Å². The Kier molecular flexibility index (Phi) is 6.02. The molecule has 1 aliphatic carbocycles. The van der Waals surface area contributed by atoms with E-state index in [1.807, 2.05) is 13.8 Å². The molecule has 1 saturated carbocycles. The highest BCUT2D eigenvalue weighted by atomic mass is 16.6. The van der Waals surface area contributed by atoms with Crippen molar-refractivity contribution in [2.45, 2.75) is 52.9 Å². The SMILES string of the molecule is CCCC1CC(=O)C(C(CC)=NOCC)C(=O)C1. The number of hydrogen-bond donors (Lipinski definition) is 0. The van der Waals surface area contributed by atoms with Crippen molar-refractivity contribution in [3.63, 3.8) is 0 Å². The number of hydrogen-bond acceptors (Lipinski definition) is 4. The van der Waals surface area contributed by atoms with Crippen molar-refractivity contribution in [1.29, 1.82) is 0 Å². The van der Waals surface area contributed by atoms with Gasteiger partial charge in [0.05, 0.1) is 5.71 Å². The van der Waals surface area contributed by atoms with Crippen LogP contribution in [0.3, 0.4) is 0 Å². The lowest BCUT2D eigenvalue weighted by Crippen LogP contribution is -2.38. The number of rotatable bonds is 6. The van der Waals surface area contributed by atoms with Crippen LogP contribution in [-0.4, -0.2) is 23.9 Å². The van der Waals surface area contributed by atoms with E-state index >= 15 is 0 Å². The van der Waals surface area contributed by atoms with Crippen molar-refractivity contribution in [3.8, 4) is 0 Å². The van der Waals surface area contributed by atoms with Crippen LogP contribution in [0.15, 0.2) is 5.16 Å². The molecule has 0 amide bonds. The summed E-state index contributed by atoms with van der Waals surface area (Å²) in [5.74, 6) is -0.374. The molecule has 1 fully saturated rings. The van der Waals surface area contributed by atoms with E-state index in [1.54, 1.807) is 0 Å². The van der Waals surface area contributed by atoms with Gasteiger partial charge in [0.15, 0.2) is 0 Å². The summed E-state index contributed by atoms with van der Waals surface area (Å²) in [6, 6.07) is 0. The average Bonchev–Trinajstić information content (AvgIpc) is 2.33. The molecule has 0 saturated heterocycles. The van der Waals surface area contributed by atoms with E-state index < -0.39 is 5.92 Å². The molecule has 0 spiro atoms. The molecule has 0 aromatic heterocycles. The summed E-state index contributed by atoms with van der Waals surface area (Å²) in [5.41, 5.74) is 0.585. The van der Waals surface area contributed by atoms with E-state index in [9.17, 15) is 9.59 Å². The molecule has 4 nitrogen and oxygen atoms in total. The first-order valence-corrected chi connectivity index (χ1v) is 6.88. The molecule has 102 valence electrons. The van der Waals surface area contributed by atoms with Gasteiger partial charge in [0, 0.05) is 12.8 Å². The Morgan fingerprint density at radius 2 is 1.83 bits per heavy atom. The van der Waals surface area contributed by atoms with Crippen molar-refractivity contribution in [2.75, 3.05) is 6.61 Å². The molecule has 1 aliphatic rings. The molecule has 0 N–H and O–H groups in total. The second-order valence-electron chi connectivity index (χ2n) is 4.78. The van der Waals surface area contributed by atoms with Crippen LogP contribution in [0.25, 0.3) is 0 Å². The van der Waals surface area contributed by atoms with Crippen LogP contribution in [0, 0.1) is 11.8 Å². The summed E-state index contributed by atoms with van der Waals surface area (Å²) in [6.07, 6.45) is 3.57. The Bertz CT molecular complexity index is 318. The zero-order valence-electron chi connectivity index (χ0n) is 11.6. The molecule has 0 heterocycles. The van der Waals surface area contributed by atoms with Crippen molar-refractivity contribution < 1.29 is 14.4 Å². The molecule has 1 rings (SSSR count). The Balaban J connectivity index is 2.77. The third-order valence-corrected chi connectivity index (χ3v) is 3.33. The average molecular weight is 253 g/mol. The van der Waals surface area contributed by atoms with Gasteiger partial charge >= 0.3 is 0 Å². The minimum absolute atomic E-state index is 0.0185. The zero-order valence-corrected chi connectivity index (χ0v) is 11.6. The number of carbonyl (C=O) groups is 2. The Morgan fingerprint density at radius 3 is 2.28 bits per heavy atom. The standard InChI is InChI=1S/C14H23NO3/c1-4-7-10-8-12(16)14(13(17)9-10)11(5-2)15-18-6-3/h10,14H,4-9H2,1-3H3. The van der Waals surface area contributed by atoms with Crippen molar-refractivity contribution in [1.82, 2.24) is 0 Å². The van der Waals surface area contributed by atoms with Gasteiger partial charge in [-0.15, -0.1) is 0 Å². The van der Waals surface area contributed by atoms with Gasteiger partial charge in [-0.1, -0.05) is 25.4 Å². The quantitative estimate of drug-likeness (QED) is 0.415. The molecule has 4 heteroatoms. The molecule has 0 aromatic carbocycles. The Hall–Kier alpha value is -1.19. The molecule has 0 aliphatic heterocycles. The predicted molar refractivity (Wildman–Crippen MR) is 70.5 cm³/mol. The summed E-state index contributed by atoms with van der Waals surface area (Å²) < 4.78 is 0. The highest BCUT2D eigenvalue weighted by Crippen LogP contribution is 2.28. The summed E-state index contributed by atoms with van der Waals surface area (Å²) in [5, 5.41) is 3.93. The number of Topliss-reactive ketones (excluding diaryl/α,β-unsaturated/α-hetero) is 2. The van der Waals surface area contributed by atoms with Crippen LogP contribution in [0.1, 0.15) is 52.9 Å². The molecule has 0 atom stereocenters. The fraction of sp³-hybridized carbons (Fsp3) is 0.786. The molecular formula is C14H23NO3. The summed E-state index contributed by atoms with van der Waals surface area (Å²) in [7, 11) is 0. The van der Waals surface area contributed by atoms with Crippen LogP contribution in [0.2, 0.25) is 0 Å². The molecule has 18 heavy (non-hydrogen) atoms. The number of carbonyl (C=O) groups excluding carboxylic acids is 2. The van der Waals surface area contributed by atoms with Gasteiger partial charge in [0.25, 0.3) is 0 Å². The number of ketones is 2. The monoisotopic (exact) mass is 253 g/mol. The highest BCUT2D eigenvalue weighted by molar-refractivity contribution is 6.22. The van der Waals surface area contributed by atoms with Crippen LogP contribution < -0.4 is 0 Å². The first-order chi connectivity index (χ1) is 8.63. The predicted octanol–water partition coefficient (Wildman–Crippen LogP) is 2.75. The molecule has 0 radical (unpaired) electrons. The first kappa shape index (κ1) is 14.9. The summed E-state index contributed by atoms with van der Waals surface area (Å²) >= 11 is 0. The zero-order chi connectivity index (χ0) is 13.5. The second-order valence-corrected chi connectivity index (χ2v) is 4.78. The molecular weight excluding hydrogens is 230 g/mol. The lowest BCUT2D eigenvalue weighted by molar-refractivity contribution is -0.134. The molecule has 0 bridgehead atoms. The third kappa shape index (κ3) is 3.65. The number of nitrogens with zero attached hydrogens (tertiary/aromatic N) is 1. The topological polar surface area (TPSA) is 55.7 Å². The fourth-order valence-electron chi connectivity index (χ4n) is 2.51. The van der Waals surface area contributed by atoms with E-state index in [1.165, 1.54) is 0 Å². The lowest BCUT2D eigenvalue weighted by Gasteiger charge is -2.26. The molecule has 0 aromatic rings. The van der Waals surface area contributed by atoms with E-state index in [0.29, 0.717) is 31.6 Å². The summed E-state index contributed by atoms with van der Waals surface area (Å²) in [4.78, 5) is 29.2. The maximum Gasteiger partial charge on any atom is 0.149 e. The van der Waals surface area contributed by atoms with Gasteiger partial charge in [-0.3, -0.25) is 9.59 Å². The minimum Gasteiger partial charge on any atom is -0.396 e. The Morgan fingerprint density at radius 1 is 1.22 bits per heavy atom. The lowest BCUT2D eigenvalue weighted by atomic mass is 9.76. The largest absolute Gasteiger partial charge is 0.396 e. The minimum atomic E-state index is -0.644. The normalized spacial score (nSPS) is 25.4. The van der Waals surface area contributed by atoms with Crippen LogP contribution in [0.5, 0.6) is 0 Å². The second kappa shape index (κ2) is 7.29. The highest BCUT2D eigenvalue weighted by Gasteiger charge is 2.37. The van der Waals surface area contributed by atoms with Crippen LogP contribution in [-0.2, 0) is 14.4 Å². The smallest absolute Gasteiger partial charge is 0.149 e. The van der Waals surface area contributed by atoms with E-state index in [4.69, 9.17) is 4.84 Å². The van der Waals surface area contributed by atoms with Gasteiger partial charge in [-0.05, 0) is 25.7 Å². The van der Waals surface area contributed by atoms with Crippen LogP contribution >= 0.6 is 0 Å². The van der Waals surface area contributed by atoms with Gasteiger partial charge in [0.1, 0.15) is 24.1 Å². The van der Waals surface area contributed by atoms with Crippen molar-refractivity contribution in [2.24, 2.45) is 17.0 Å². The number of oxime groups is 1. The fourth-order valence-corrected chi connectivity index (χ4v) is 2.51. The maximum absolute atomic E-state index is 12.1. The first-order valence-electron chi connectivity index (χ1n) is 6.88.